The van der Waals surface area contributed by atoms with Crippen LogP contribution >= 0.6 is 12.4 Å². The van der Waals surface area contributed by atoms with Crippen LogP contribution < -0.4 is 11.5 Å². The third-order valence-electron chi connectivity index (χ3n) is 3.11. The molecule has 0 fully saturated rings. The van der Waals surface area contributed by atoms with Gasteiger partial charge in [0, 0.05) is 5.70 Å². The third-order valence-corrected chi connectivity index (χ3v) is 3.11. The van der Waals surface area contributed by atoms with Crippen LogP contribution in [0.3, 0.4) is 0 Å². The number of hydrogen-bond acceptors (Lipinski definition) is 4. The summed E-state index contributed by atoms with van der Waals surface area (Å²) >= 11 is 0. The first-order valence-electron chi connectivity index (χ1n) is 5.87. The van der Waals surface area contributed by atoms with Gasteiger partial charge < -0.3 is 11.5 Å². The van der Waals surface area contributed by atoms with E-state index in [1.165, 1.54) is 0 Å². The molecule has 4 N–H and O–H groups in total. The Bertz CT molecular complexity index is 339. The molecular weight excluding hydrogens is 240 g/mol. The summed E-state index contributed by atoms with van der Waals surface area (Å²) in [6.07, 6.45) is 2.91. The number of Topliss-reactive ketones (excluding diaryl/α,β-unsaturated/α-hetero) is 2. The topological polar surface area (TPSA) is 86.2 Å². The van der Waals surface area contributed by atoms with Gasteiger partial charge in [-0.05, 0) is 12.8 Å². The molecule has 2 atom stereocenters. The zero-order valence-corrected chi connectivity index (χ0v) is 11.2. The number of carbonyl (C=O) groups is 2. The van der Waals surface area contributed by atoms with E-state index in [-0.39, 0.29) is 41.3 Å². The monoisotopic (exact) mass is 260 g/mol. The SMILES string of the molecule is CCCC1C(=O)C(N)=C(N)C(CCC)C1=O.Cl. The highest BCUT2D eigenvalue weighted by molar-refractivity contribution is 6.14. The van der Waals surface area contributed by atoms with Crippen LogP contribution in [0.2, 0.25) is 0 Å². The largest absolute Gasteiger partial charge is 0.400 e. The molecule has 0 bridgehead atoms. The predicted molar refractivity (Wildman–Crippen MR) is 69.5 cm³/mol. The smallest absolute Gasteiger partial charge is 0.190 e. The van der Waals surface area contributed by atoms with E-state index in [2.05, 4.69) is 0 Å². The molecule has 98 valence electrons. The maximum absolute atomic E-state index is 12.1. The van der Waals surface area contributed by atoms with Crippen molar-refractivity contribution >= 4 is 24.0 Å². The van der Waals surface area contributed by atoms with E-state index in [9.17, 15) is 9.59 Å². The minimum atomic E-state index is -0.561. The standard InChI is InChI=1S/C12H20N2O2.ClH/c1-3-5-7-9(13)10(14)12(16)8(6-4-2)11(7)15;/h7-8H,3-6,13-14H2,1-2H3;1H. The Morgan fingerprint density at radius 2 is 1.47 bits per heavy atom. The lowest BCUT2D eigenvalue weighted by Crippen LogP contribution is -2.42. The Morgan fingerprint density at radius 3 is 1.94 bits per heavy atom. The molecule has 0 heterocycles. The Hall–Kier alpha value is -1.03. The van der Waals surface area contributed by atoms with Gasteiger partial charge in [-0.15, -0.1) is 12.4 Å². The molecule has 0 aromatic heterocycles. The van der Waals surface area contributed by atoms with Crippen molar-refractivity contribution in [2.75, 3.05) is 0 Å². The van der Waals surface area contributed by atoms with E-state index in [0.29, 0.717) is 12.8 Å². The molecule has 0 spiro atoms. The molecule has 0 saturated carbocycles. The highest BCUT2D eigenvalue weighted by Crippen LogP contribution is 2.29. The van der Waals surface area contributed by atoms with Gasteiger partial charge in [0.2, 0.25) is 0 Å². The third kappa shape index (κ3) is 3.00. The average Bonchev–Trinajstić information content (AvgIpc) is 2.28. The van der Waals surface area contributed by atoms with Crippen LogP contribution in [0.5, 0.6) is 0 Å². The van der Waals surface area contributed by atoms with Gasteiger partial charge in [-0.3, -0.25) is 9.59 Å². The van der Waals surface area contributed by atoms with Crippen molar-refractivity contribution in [2.24, 2.45) is 23.3 Å². The molecule has 1 aliphatic rings. The molecule has 0 aromatic rings. The lowest BCUT2D eigenvalue weighted by Gasteiger charge is -2.27. The van der Waals surface area contributed by atoms with Gasteiger partial charge in [0.05, 0.1) is 17.5 Å². The molecule has 1 rings (SSSR count). The zero-order valence-electron chi connectivity index (χ0n) is 10.4. The summed E-state index contributed by atoms with van der Waals surface area (Å²) in [5, 5.41) is 0. The number of carbonyl (C=O) groups excluding carboxylic acids is 2. The summed E-state index contributed by atoms with van der Waals surface area (Å²) in [6.45, 7) is 3.94. The lowest BCUT2D eigenvalue weighted by molar-refractivity contribution is -0.134. The first-order chi connectivity index (χ1) is 7.54. The second-order valence-electron chi connectivity index (χ2n) is 4.32. The Morgan fingerprint density at radius 1 is 1.00 bits per heavy atom. The van der Waals surface area contributed by atoms with E-state index in [0.717, 1.165) is 12.8 Å². The Balaban J connectivity index is 0.00000256. The number of hydrogen-bond donors (Lipinski definition) is 2. The molecule has 0 radical (unpaired) electrons. The molecule has 17 heavy (non-hydrogen) atoms. The summed E-state index contributed by atoms with van der Waals surface area (Å²) in [5.74, 6) is -1.23. The number of allylic oxidation sites excluding steroid dienone is 2. The van der Waals surface area contributed by atoms with Gasteiger partial charge in [-0.2, -0.15) is 0 Å². The second-order valence-corrected chi connectivity index (χ2v) is 4.32. The Kier molecular flexibility index (Phi) is 6.24. The summed E-state index contributed by atoms with van der Waals surface area (Å²) in [7, 11) is 0. The van der Waals surface area contributed by atoms with Gasteiger partial charge in [-0.25, -0.2) is 0 Å². The molecule has 2 unspecified atom stereocenters. The normalized spacial score (nSPS) is 24.8. The van der Waals surface area contributed by atoms with Crippen LogP contribution in [0.25, 0.3) is 0 Å². The number of halogens is 1. The van der Waals surface area contributed by atoms with Crippen LogP contribution in [-0.2, 0) is 9.59 Å². The molecule has 0 amide bonds. The highest BCUT2D eigenvalue weighted by atomic mass is 35.5. The summed E-state index contributed by atoms with van der Waals surface area (Å²) in [6, 6.07) is 0. The van der Waals surface area contributed by atoms with Crippen molar-refractivity contribution in [3.05, 3.63) is 11.4 Å². The lowest BCUT2D eigenvalue weighted by atomic mass is 9.77. The maximum atomic E-state index is 12.1. The van der Waals surface area contributed by atoms with E-state index in [1.54, 1.807) is 0 Å². The van der Waals surface area contributed by atoms with Crippen LogP contribution in [0, 0.1) is 11.8 Å². The van der Waals surface area contributed by atoms with Crippen LogP contribution in [-0.4, -0.2) is 11.6 Å². The molecular formula is C12H21ClN2O2. The minimum absolute atomic E-state index is 0. The van der Waals surface area contributed by atoms with Gasteiger partial charge in [0.1, 0.15) is 0 Å². The average molecular weight is 261 g/mol. The fraction of sp³-hybridized carbons (Fsp3) is 0.667. The van der Waals surface area contributed by atoms with Crippen molar-refractivity contribution in [3.63, 3.8) is 0 Å². The maximum Gasteiger partial charge on any atom is 0.190 e. The van der Waals surface area contributed by atoms with Crippen molar-refractivity contribution in [1.29, 1.82) is 0 Å². The molecule has 4 nitrogen and oxygen atoms in total. The molecule has 0 saturated heterocycles. The van der Waals surface area contributed by atoms with Crippen LogP contribution in [0.1, 0.15) is 39.5 Å². The Labute approximate surface area is 108 Å². The van der Waals surface area contributed by atoms with Crippen molar-refractivity contribution in [2.45, 2.75) is 39.5 Å². The first-order valence-corrected chi connectivity index (χ1v) is 5.87. The molecule has 1 aliphatic carbocycles. The number of nitrogens with two attached hydrogens (primary N) is 2. The van der Waals surface area contributed by atoms with Gasteiger partial charge in [0.15, 0.2) is 11.6 Å². The quantitative estimate of drug-likeness (QED) is 0.751. The molecule has 0 aromatic carbocycles. The number of ketones is 2. The predicted octanol–water partition coefficient (Wildman–Crippen LogP) is 1.52. The van der Waals surface area contributed by atoms with Crippen LogP contribution in [0.15, 0.2) is 11.4 Å². The fourth-order valence-corrected chi connectivity index (χ4v) is 2.19. The second kappa shape index (κ2) is 6.64. The molecule has 0 aliphatic heterocycles. The van der Waals surface area contributed by atoms with Crippen molar-refractivity contribution < 1.29 is 9.59 Å². The van der Waals surface area contributed by atoms with Gasteiger partial charge in [-0.1, -0.05) is 26.7 Å². The highest BCUT2D eigenvalue weighted by Gasteiger charge is 2.39. The summed E-state index contributed by atoms with van der Waals surface area (Å²) in [5.41, 5.74) is 11.8. The van der Waals surface area contributed by atoms with Gasteiger partial charge in [0.25, 0.3) is 0 Å². The van der Waals surface area contributed by atoms with Crippen molar-refractivity contribution in [3.8, 4) is 0 Å². The van der Waals surface area contributed by atoms with E-state index < -0.39 is 5.92 Å². The fourth-order valence-electron chi connectivity index (χ4n) is 2.19. The van der Waals surface area contributed by atoms with Gasteiger partial charge >= 0.3 is 0 Å². The minimum Gasteiger partial charge on any atom is -0.400 e. The first kappa shape index (κ1) is 16.0. The summed E-state index contributed by atoms with van der Waals surface area (Å²) in [4.78, 5) is 23.9. The summed E-state index contributed by atoms with van der Waals surface area (Å²) < 4.78 is 0. The number of rotatable bonds is 4. The molecule has 5 heteroatoms. The van der Waals surface area contributed by atoms with E-state index in [4.69, 9.17) is 11.5 Å². The zero-order chi connectivity index (χ0) is 12.3. The van der Waals surface area contributed by atoms with Crippen molar-refractivity contribution in [1.82, 2.24) is 0 Å². The van der Waals surface area contributed by atoms with E-state index in [1.807, 2.05) is 13.8 Å². The van der Waals surface area contributed by atoms with Crippen LogP contribution in [0.4, 0.5) is 0 Å². The van der Waals surface area contributed by atoms with E-state index >= 15 is 0 Å².